The number of allylic oxidation sites excluding steroid dienone is 1. The van der Waals surface area contributed by atoms with E-state index in [1.807, 2.05) is 6.07 Å². The Hall–Kier alpha value is -2.55. The summed E-state index contributed by atoms with van der Waals surface area (Å²) >= 11 is 0. The highest BCUT2D eigenvalue weighted by atomic mass is 16.5. The Morgan fingerprint density at radius 1 is 1.11 bits per heavy atom. The first-order valence-electron chi connectivity index (χ1n) is 9.64. The van der Waals surface area contributed by atoms with Crippen molar-refractivity contribution >= 4 is 12.0 Å². The predicted octanol–water partition coefficient (Wildman–Crippen LogP) is 6.50. The van der Waals surface area contributed by atoms with Crippen LogP contribution in [-0.4, -0.2) is 18.2 Å². The molecule has 144 valence electrons. The minimum Gasteiger partial charge on any atom is -0.497 e. The topological polar surface area (TPSA) is 46.5 Å². The highest BCUT2D eigenvalue weighted by Crippen LogP contribution is 2.28. The molecule has 0 heterocycles. The number of hydrogen-bond acceptors (Lipinski definition) is 2. The Balaban J connectivity index is 1.98. The largest absolute Gasteiger partial charge is 0.497 e. The normalized spacial score (nSPS) is 13.5. The van der Waals surface area contributed by atoms with E-state index in [1.54, 1.807) is 19.2 Å². The maximum atomic E-state index is 11.5. The monoisotopic (exact) mass is 366 g/mol. The van der Waals surface area contributed by atoms with Crippen LogP contribution in [0.5, 0.6) is 5.75 Å². The lowest BCUT2D eigenvalue weighted by Crippen LogP contribution is -2.06. The van der Waals surface area contributed by atoms with Gasteiger partial charge in [0.2, 0.25) is 0 Å². The van der Waals surface area contributed by atoms with E-state index < -0.39 is 5.97 Å². The fourth-order valence-corrected chi connectivity index (χ4v) is 3.16. The molecule has 3 heteroatoms. The second-order valence-corrected chi connectivity index (χ2v) is 7.12. The average molecular weight is 367 g/mol. The molecule has 0 aromatic heterocycles. The van der Waals surface area contributed by atoms with Crippen LogP contribution in [0.4, 0.5) is 0 Å². The molecule has 0 spiro atoms. The zero-order valence-corrected chi connectivity index (χ0v) is 16.7. The van der Waals surface area contributed by atoms with Crippen LogP contribution >= 0.6 is 0 Å². The van der Waals surface area contributed by atoms with Gasteiger partial charge in [-0.2, -0.15) is 0 Å². The van der Waals surface area contributed by atoms with E-state index in [4.69, 9.17) is 4.74 Å². The van der Waals surface area contributed by atoms with E-state index >= 15 is 0 Å². The Morgan fingerprint density at radius 3 is 2.41 bits per heavy atom. The molecule has 27 heavy (non-hydrogen) atoms. The van der Waals surface area contributed by atoms with Crippen molar-refractivity contribution in [3.63, 3.8) is 0 Å². The van der Waals surface area contributed by atoms with E-state index in [0.717, 1.165) is 24.8 Å². The van der Waals surface area contributed by atoms with Crippen LogP contribution in [0.3, 0.4) is 0 Å². The second kappa shape index (κ2) is 9.96. The highest BCUT2D eigenvalue weighted by Gasteiger charge is 2.16. The summed E-state index contributed by atoms with van der Waals surface area (Å²) in [4.78, 5) is 11.5. The lowest BCUT2D eigenvalue weighted by atomic mass is 9.91. The molecule has 0 aliphatic rings. The minimum atomic E-state index is -0.892. The van der Waals surface area contributed by atoms with Gasteiger partial charge in [0, 0.05) is 0 Å². The molecule has 0 aliphatic carbocycles. The van der Waals surface area contributed by atoms with Gasteiger partial charge in [-0.1, -0.05) is 57.2 Å². The fraction of sp³-hybridized carbons (Fsp3) is 0.375. The molecule has 0 amide bonds. The number of carboxylic acids is 1. The van der Waals surface area contributed by atoms with E-state index in [2.05, 4.69) is 57.2 Å². The first-order chi connectivity index (χ1) is 13.0. The maximum absolute atomic E-state index is 11.5. The third-order valence-corrected chi connectivity index (χ3v) is 5.21. The zero-order valence-electron chi connectivity index (χ0n) is 16.7. The summed E-state index contributed by atoms with van der Waals surface area (Å²) in [5.41, 5.74) is 3.76. The van der Waals surface area contributed by atoms with Gasteiger partial charge < -0.3 is 9.84 Å². The van der Waals surface area contributed by atoms with Crippen LogP contribution in [0.15, 0.2) is 48.5 Å². The molecule has 2 unspecified atom stereocenters. The number of aromatic carboxylic acids is 1. The molecule has 2 rings (SSSR count). The van der Waals surface area contributed by atoms with Gasteiger partial charge in [-0.25, -0.2) is 4.79 Å². The summed E-state index contributed by atoms with van der Waals surface area (Å²) in [5, 5.41) is 9.42. The van der Waals surface area contributed by atoms with Gasteiger partial charge >= 0.3 is 5.97 Å². The lowest BCUT2D eigenvalue weighted by Gasteiger charge is -2.15. The summed E-state index contributed by atoms with van der Waals surface area (Å²) in [5.74, 6) is 0.536. The molecule has 0 bridgehead atoms. The van der Waals surface area contributed by atoms with Crippen molar-refractivity contribution in [1.82, 2.24) is 0 Å². The van der Waals surface area contributed by atoms with Gasteiger partial charge in [-0.05, 0) is 66.0 Å². The summed E-state index contributed by atoms with van der Waals surface area (Å²) in [6, 6.07) is 13.9. The van der Waals surface area contributed by atoms with Crippen LogP contribution in [-0.2, 0) is 0 Å². The van der Waals surface area contributed by atoms with Gasteiger partial charge in [-0.3, -0.25) is 0 Å². The quantitative estimate of drug-likeness (QED) is 0.550. The highest BCUT2D eigenvalue weighted by molar-refractivity contribution is 5.89. The molecule has 0 saturated carbocycles. The Morgan fingerprint density at radius 2 is 1.81 bits per heavy atom. The van der Waals surface area contributed by atoms with Crippen LogP contribution in [0.25, 0.3) is 6.08 Å². The summed E-state index contributed by atoms with van der Waals surface area (Å²) < 4.78 is 5.25. The number of methoxy groups -OCH3 is 1. The molecular formula is C24H30O3. The Bertz CT molecular complexity index is 775. The first kappa shape index (κ1) is 20.8. The van der Waals surface area contributed by atoms with E-state index in [1.165, 1.54) is 11.1 Å². The van der Waals surface area contributed by atoms with E-state index in [-0.39, 0.29) is 5.92 Å². The standard InChI is InChI=1S/C24H30O3/c1-5-17(2)20-12-10-19(11-13-20)9-7-6-8-18(3)23-16-21(27-4)14-15-22(23)24(25)26/h7,9-18H,5-6,8H2,1-4H3,(H,25,26). The minimum absolute atomic E-state index is 0.142. The fourth-order valence-electron chi connectivity index (χ4n) is 3.16. The second-order valence-electron chi connectivity index (χ2n) is 7.12. The number of benzene rings is 2. The van der Waals surface area contributed by atoms with Crippen molar-refractivity contribution < 1.29 is 14.6 Å². The number of hydrogen-bond donors (Lipinski definition) is 1. The predicted molar refractivity (Wildman–Crippen MR) is 112 cm³/mol. The van der Waals surface area contributed by atoms with Gasteiger partial charge in [0.1, 0.15) is 5.75 Å². The van der Waals surface area contributed by atoms with Crippen LogP contribution in [0.1, 0.15) is 78.9 Å². The number of carboxylic acid groups (broad SMARTS) is 1. The van der Waals surface area contributed by atoms with Gasteiger partial charge in [-0.15, -0.1) is 0 Å². The number of ether oxygens (including phenoxy) is 1. The molecular weight excluding hydrogens is 336 g/mol. The van der Waals surface area contributed by atoms with Gasteiger partial charge in [0.25, 0.3) is 0 Å². The Kier molecular flexibility index (Phi) is 7.66. The molecule has 2 aromatic carbocycles. The van der Waals surface area contributed by atoms with Crippen LogP contribution < -0.4 is 4.74 Å². The Labute approximate surface area is 162 Å². The third-order valence-electron chi connectivity index (χ3n) is 5.21. The smallest absolute Gasteiger partial charge is 0.335 e. The summed E-state index contributed by atoms with van der Waals surface area (Å²) in [6.45, 7) is 6.52. The van der Waals surface area contributed by atoms with Gasteiger partial charge in [0.15, 0.2) is 0 Å². The van der Waals surface area contributed by atoms with E-state index in [9.17, 15) is 9.90 Å². The summed E-state index contributed by atoms with van der Waals surface area (Å²) in [6.07, 6.45) is 7.22. The number of rotatable bonds is 9. The molecule has 0 fully saturated rings. The maximum Gasteiger partial charge on any atom is 0.335 e. The van der Waals surface area contributed by atoms with Gasteiger partial charge in [0.05, 0.1) is 12.7 Å². The average Bonchev–Trinajstić information content (AvgIpc) is 2.70. The van der Waals surface area contributed by atoms with E-state index in [0.29, 0.717) is 17.2 Å². The van der Waals surface area contributed by atoms with Crippen molar-refractivity contribution in [2.24, 2.45) is 0 Å². The summed E-state index contributed by atoms with van der Waals surface area (Å²) in [7, 11) is 1.60. The van der Waals surface area contributed by atoms with Crippen LogP contribution in [0.2, 0.25) is 0 Å². The lowest BCUT2D eigenvalue weighted by molar-refractivity contribution is 0.0695. The van der Waals surface area contributed by atoms with Crippen molar-refractivity contribution in [1.29, 1.82) is 0 Å². The van der Waals surface area contributed by atoms with Crippen molar-refractivity contribution in [2.45, 2.75) is 51.9 Å². The molecule has 3 nitrogen and oxygen atoms in total. The van der Waals surface area contributed by atoms with Crippen molar-refractivity contribution in [3.8, 4) is 5.75 Å². The molecule has 2 aromatic rings. The molecule has 2 atom stereocenters. The zero-order chi connectivity index (χ0) is 19.8. The third kappa shape index (κ3) is 5.72. The molecule has 0 saturated heterocycles. The van der Waals surface area contributed by atoms with Crippen LogP contribution in [0, 0.1) is 0 Å². The molecule has 0 aliphatic heterocycles. The molecule has 1 N–H and O–H groups in total. The SMILES string of the molecule is CCC(C)c1ccc(C=CCCC(C)c2cc(OC)ccc2C(=O)O)cc1. The van der Waals surface area contributed by atoms with Crippen molar-refractivity contribution in [3.05, 3.63) is 70.8 Å². The molecule has 0 radical (unpaired) electrons. The van der Waals surface area contributed by atoms with Crippen molar-refractivity contribution in [2.75, 3.05) is 7.11 Å². The first-order valence-corrected chi connectivity index (χ1v) is 9.64. The number of carbonyl (C=O) groups is 1.